The topological polar surface area (TPSA) is 94.1 Å². The van der Waals surface area contributed by atoms with Crippen LogP contribution in [-0.2, 0) is 20.6 Å². The lowest BCUT2D eigenvalue weighted by Crippen LogP contribution is -2.47. The van der Waals surface area contributed by atoms with Crippen LogP contribution in [0.3, 0.4) is 0 Å². The summed E-state index contributed by atoms with van der Waals surface area (Å²) in [6.07, 6.45) is 5.79. The average Bonchev–Trinajstić information content (AvgIpc) is 3.15. The van der Waals surface area contributed by atoms with Gasteiger partial charge in [-0.15, -0.1) is 12.4 Å². The highest BCUT2D eigenvalue weighted by atomic mass is 35.5. The Bertz CT molecular complexity index is 1150. The third-order valence-corrected chi connectivity index (χ3v) is 5.56. The first-order valence-corrected chi connectivity index (χ1v) is 9.89. The lowest BCUT2D eigenvalue weighted by atomic mass is 10.3. The van der Waals surface area contributed by atoms with E-state index in [4.69, 9.17) is 11.6 Å². The highest BCUT2D eigenvalue weighted by molar-refractivity contribution is 6.29. The normalized spacial score (nSPS) is 14.8. The van der Waals surface area contributed by atoms with E-state index in [1.54, 1.807) is 19.6 Å². The number of nitrogens with zero attached hydrogens (tertiary/aromatic N) is 8. The van der Waals surface area contributed by atoms with Crippen LogP contribution in [-0.4, -0.2) is 66.3 Å². The second kappa shape index (κ2) is 9.15. The van der Waals surface area contributed by atoms with Crippen LogP contribution in [0, 0.1) is 0 Å². The molecule has 1 aliphatic heterocycles. The van der Waals surface area contributed by atoms with Crippen molar-refractivity contribution in [2.45, 2.75) is 13.0 Å². The zero-order chi connectivity index (χ0) is 20.5. The fourth-order valence-corrected chi connectivity index (χ4v) is 3.86. The molecule has 0 aromatic carbocycles. The molecule has 0 aliphatic carbocycles. The molecule has 0 atom stereocenters. The first-order chi connectivity index (χ1) is 14.0. The van der Waals surface area contributed by atoms with Crippen molar-refractivity contribution in [1.29, 1.82) is 0 Å². The van der Waals surface area contributed by atoms with Crippen LogP contribution < -0.4 is 16.1 Å². The van der Waals surface area contributed by atoms with Crippen LogP contribution >= 0.6 is 24.0 Å². The summed E-state index contributed by atoms with van der Waals surface area (Å²) in [6, 6.07) is 0. The van der Waals surface area contributed by atoms with E-state index in [9.17, 15) is 9.59 Å². The van der Waals surface area contributed by atoms with Gasteiger partial charge in [0.25, 0.3) is 5.56 Å². The summed E-state index contributed by atoms with van der Waals surface area (Å²) in [7, 11) is 3.12. The van der Waals surface area contributed by atoms with Crippen molar-refractivity contribution < 1.29 is 0 Å². The Hall–Kier alpha value is -2.43. The molecule has 30 heavy (non-hydrogen) atoms. The minimum absolute atomic E-state index is 0. The number of aromatic nitrogens is 6. The molecule has 3 aromatic heterocycles. The maximum Gasteiger partial charge on any atom is 0.332 e. The van der Waals surface area contributed by atoms with E-state index in [0.29, 0.717) is 22.9 Å². The van der Waals surface area contributed by atoms with Gasteiger partial charge in [-0.2, -0.15) is 0 Å². The van der Waals surface area contributed by atoms with Gasteiger partial charge in [0.05, 0.1) is 18.7 Å². The fourth-order valence-electron chi connectivity index (χ4n) is 3.72. The lowest BCUT2D eigenvalue weighted by Gasteiger charge is -2.35. The molecule has 0 radical (unpaired) electrons. The quantitative estimate of drug-likeness (QED) is 0.554. The Balaban J connectivity index is 0.00000256. The smallest absolute Gasteiger partial charge is 0.332 e. The Morgan fingerprint density at radius 2 is 1.77 bits per heavy atom. The molecular formula is C18H24Cl2N8O2. The number of piperazine rings is 1. The number of hydrogen-bond acceptors (Lipinski definition) is 7. The van der Waals surface area contributed by atoms with Crippen LogP contribution in [0.15, 0.2) is 28.3 Å². The maximum atomic E-state index is 12.5. The second-order valence-corrected chi connectivity index (χ2v) is 7.59. The van der Waals surface area contributed by atoms with Gasteiger partial charge in [0, 0.05) is 46.8 Å². The molecule has 0 bridgehead atoms. The molecular weight excluding hydrogens is 431 g/mol. The molecule has 4 rings (SSSR count). The van der Waals surface area contributed by atoms with Gasteiger partial charge in [0.2, 0.25) is 0 Å². The van der Waals surface area contributed by atoms with Gasteiger partial charge in [0.1, 0.15) is 11.0 Å². The van der Waals surface area contributed by atoms with Crippen molar-refractivity contribution in [2.75, 3.05) is 37.6 Å². The van der Waals surface area contributed by atoms with Crippen molar-refractivity contribution in [1.82, 2.24) is 33.6 Å². The molecule has 10 nitrogen and oxygen atoms in total. The largest absolute Gasteiger partial charge is 0.353 e. The summed E-state index contributed by atoms with van der Waals surface area (Å²) < 4.78 is 4.37. The first-order valence-electron chi connectivity index (χ1n) is 9.51. The summed E-state index contributed by atoms with van der Waals surface area (Å²) >= 11 is 5.93. The van der Waals surface area contributed by atoms with Crippen LogP contribution in [0.5, 0.6) is 0 Å². The summed E-state index contributed by atoms with van der Waals surface area (Å²) in [5.41, 5.74) is 0.222. The van der Waals surface area contributed by atoms with Gasteiger partial charge in [-0.3, -0.25) is 23.8 Å². The zero-order valence-corrected chi connectivity index (χ0v) is 18.4. The number of halogens is 2. The van der Waals surface area contributed by atoms with Crippen LogP contribution in [0.25, 0.3) is 11.2 Å². The summed E-state index contributed by atoms with van der Waals surface area (Å²) in [6.45, 7) is 5.17. The van der Waals surface area contributed by atoms with Crippen LogP contribution in [0.2, 0.25) is 5.15 Å². The molecule has 0 amide bonds. The van der Waals surface area contributed by atoms with Gasteiger partial charge >= 0.3 is 5.69 Å². The highest BCUT2D eigenvalue weighted by Crippen LogP contribution is 2.15. The highest BCUT2D eigenvalue weighted by Gasteiger charge is 2.19. The molecule has 0 saturated carbocycles. The molecule has 0 unspecified atom stereocenters. The Kier molecular flexibility index (Phi) is 6.79. The zero-order valence-electron chi connectivity index (χ0n) is 16.9. The predicted octanol–water partition coefficient (Wildman–Crippen LogP) is 0.511. The number of aryl methyl sites for hydroxylation is 2. The van der Waals surface area contributed by atoms with E-state index in [1.807, 2.05) is 4.57 Å². The third-order valence-electron chi connectivity index (χ3n) is 5.38. The number of anilines is 1. The van der Waals surface area contributed by atoms with Crippen molar-refractivity contribution in [3.8, 4) is 0 Å². The molecule has 162 valence electrons. The standard InChI is InChI=1S/C18H23ClN8O2.ClH/c1-23-16-15(17(28)24(2)18(23)29)27(12-21-16)5-3-4-25-6-8-26(9-7-25)14-11-20-10-13(19)22-14;/h10-12H,3-9H2,1-2H3;1H. The molecule has 3 aromatic rings. The van der Waals surface area contributed by atoms with Gasteiger partial charge < -0.3 is 9.47 Å². The molecule has 0 N–H and O–H groups in total. The number of imidazole rings is 1. The van der Waals surface area contributed by atoms with E-state index in [0.717, 1.165) is 49.5 Å². The molecule has 1 fully saturated rings. The fraction of sp³-hybridized carbons (Fsp3) is 0.500. The Labute approximate surface area is 184 Å². The Morgan fingerprint density at radius 3 is 2.47 bits per heavy atom. The van der Waals surface area contributed by atoms with Crippen LogP contribution in [0.4, 0.5) is 5.82 Å². The van der Waals surface area contributed by atoms with Crippen molar-refractivity contribution >= 4 is 41.0 Å². The van der Waals surface area contributed by atoms with Gasteiger partial charge in [0.15, 0.2) is 11.2 Å². The second-order valence-electron chi connectivity index (χ2n) is 7.20. The number of fused-ring (bicyclic) bond motifs is 1. The van der Waals surface area contributed by atoms with E-state index < -0.39 is 0 Å². The predicted molar refractivity (Wildman–Crippen MR) is 118 cm³/mol. The first kappa shape index (κ1) is 22.3. The summed E-state index contributed by atoms with van der Waals surface area (Å²) in [5, 5.41) is 0.404. The minimum Gasteiger partial charge on any atom is -0.353 e. The number of rotatable bonds is 5. The molecule has 12 heteroatoms. The molecule has 0 spiro atoms. The van der Waals surface area contributed by atoms with Crippen molar-refractivity contribution in [3.05, 3.63) is 44.7 Å². The average molecular weight is 455 g/mol. The van der Waals surface area contributed by atoms with Gasteiger partial charge in [-0.05, 0) is 13.0 Å². The van der Waals surface area contributed by atoms with Gasteiger partial charge in [-0.25, -0.2) is 14.8 Å². The van der Waals surface area contributed by atoms with E-state index in [-0.39, 0.29) is 23.7 Å². The number of hydrogen-bond donors (Lipinski definition) is 0. The van der Waals surface area contributed by atoms with E-state index in [2.05, 4.69) is 24.8 Å². The van der Waals surface area contributed by atoms with Crippen molar-refractivity contribution in [3.63, 3.8) is 0 Å². The maximum absolute atomic E-state index is 12.5. The Morgan fingerprint density at radius 1 is 1.03 bits per heavy atom. The summed E-state index contributed by atoms with van der Waals surface area (Å²) in [5.74, 6) is 0.809. The monoisotopic (exact) mass is 454 g/mol. The molecule has 1 saturated heterocycles. The summed E-state index contributed by atoms with van der Waals surface area (Å²) in [4.78, 5) is 41.8. The SMILES string of the molecule is Cl.Cn1c(=O)c2c(ncn2CCCN2CCN(c3cncc(Cl)n3)CC2)n(C)c1=O. The van der Waals surface area contributed by atoms with Gasteiger partial charge in [-0.1, -0.05) is 11.6 Å². The van der Waals surface area contributed by atoms with Crippen molar-refractivity contribution in [2.24, 2.45) is 14.1 Å². The van der Waals surface area contributed by atoms with Crippen LogP contribution in [0.1, 0.15) is 6.42 Å². The third kappa shape index (κ3) is 4.21. The molecule has 4 heterocycles. The van der Waals surface area contributed by atoms with E-state index in [1.165, 1.54) is 17.8 Å². The lowest BCUT2D eigenvalue weighted by molar-refractivity contribution is 0.250. The van der Waals surface area contributed by atoms with E-state index >= 15 is 0 Å². The molecule has 1 aliphatic rings. The minimum atomic E-state index is -0.366.